The first-order valence-corrected chi connectivity index (χ1v) is 8.28. The summed E-state index contributed by atoms with van der Waals surface area (Å²) in [5.74, 6) is -1.63. The molecule has 0 radical (unpaired) electrons. The van der Waals surface area contributed by atoms with Crippen molar-refractivity contribution in [1.82, 2.24) is 9.80 Å². The van der Waals surface area contributed by atoms with Crippen LogP contribution in [0.4, 0.5) is 0 Å². The quantitative estimate of drug-likeness (QED) is 0.236. The third-order valence-electron chi connectivity index (χ3n) is 3.65. The molecule has 0 aliphatic heterocycles. The highest BCUT2D eigenvalue weighted by Gasteiger charge is 2.11. The molecule has 4 amide bonds. The SMILES string of the molecule is NC(=O)CCN(CCCN(CCC(N)=O)CCC(N)=O)CCC(N)=O. The van der Waals surface area contributed by atoms with Crippen LogP contribution in [0.25, 0.3) is 0 Å². The number of carbonyl (C=O) groups excluding carboxylic acids is 4. The van der Waals surface area contributed by atoms with Gasteiger partial charge in [-0.3, -0.25) is 19.2 Å². The summed E-state index contributed by atoms with van der Waals surface area (Å²) < 4.78 is 0. The molecular formula is C15H30N6O4. The fourth-order valence-corrected chi connectivity index (χ4v) is 2.26. The molecule has 0 aliphatic rings. The van der Waals surface area contributed by atoms with Crippen molar-refractivity contribution in [3.05, 3.63) is 0 Å². The molecule has 0 aromatic rings. The van der Waals surface area contributed by atoms with Crippen LogP contribution in [-0.2, 0) is 19.2 Å². The number of rotatable bonds is 16. The van der Waals surface area contributed by atoms with Gasteiger partial charge in [-0.25, -0.2) is 0 Å². The van der Waals surface area contributed by atoms with E-state index >= 15 is 0 Å². The average molecular weight is 358 g/mol. The van der Waals surface area contributed by atoms with Crippen molar-refractivity contribution in [2.45, 2.75) is 32.1 Å². The van der Waals surface area contributed by atoms with E-state index in [9.17, 15) is 19.2 Å². The molecule has 0 saturated heterocycles. The second-order valence-electron chi connectivity index (χ2n) is 5.90. The van der Waals surface area contributed by atoms with Crippen LogP contribution in [0.15, 0.2) is 0 Å². The van der Waals surface area contributed by atoms with Crippen molar-refractivity contribution < 1.29 is 19.2 Å². The summed E-state index contributed by atoms with van der Waals surface area (Å²) in [7, 11) is 0. The third kappa shape index (κ3) is 15.1. The second-order valence-corrected chi connectivity index (χ2v) is 5.90. The Labute approximate surface area is 147 Å². The lowest BCUT2D eigenvalue weighted by atomic mass is 10.2. The normalized spacial score (nSPS) is 11.0. The van der Waals surface area contributed by atoms with Crippen molar-refractivity contribution in [2.24, 2.45) is 22.9 Å². The first kappa shape index (κ1) is 22.8. The topological polar surface area (TPSA) is 179 Å². The second kappa shape index (κ2) is 13.1. The number of hydrogen-bond acceptors (Lipinski definition) is 6. The highest BCUT2D eigenvalue weighted by Crippen LogP contribution is 2.01. The minimum atomic E-state index is -0.409. The van der Waals surface area contributed by atoms with E-state index in [1.165, 1.54) is 0 Å². The molecule has 0 atom stereocenters. The van der Waals surface area contributed by atoms with Crippen LogP contribution < -0.4 is 22.9 Å². The zero-order valence-corrected chi connectivity index (χ0v) is 14.6. The van der Waals surface area contributed by atoms with Crippen LogP contribution in [0, 0.1) is 0 Å². The minimum absolute atomic E-state index is 0.200. The standard InChI is InChI=1S/C15H30N6O4/c16-12(22)2-8-20(9-3-13(17)23)6-1-7-21(10-4-14(18)24)11-5-15(19)25/h1-11H2,(H2,16,22)(H2,17,23)(H2,18,24)(H2,19,25). The average Bonchev–Trinajstić information content (AvgIpc) is 2.50. The molecule has 0 spiro atoms. The van der Waals surface area contributed by atoms with Crippen molar-refractivity contribution in [2.75, 3.05) is 39.3 Å². The first-order valence-electron chi connectivity index (χ1n) is 8.28. The van der Waals surface area contributed by atoms with Crippen molar-refractivity contribution in [3.63, 3.8) is 0 Å². The first-order chi connectivity index (χ1) is 11.7. The van der Waals surface area contributed by atoms with Gasteiger partial charge in [0.1, 0.15) is 0 Å². The monoisotopic (exact) mass is 358 g/mol. The number of amides is 4. The van der Waals surface area contributed by atoms with Gasteiger partial charge in [0.15, 0.2) is 0 Å². The lowest BCUT2D eigenvalue weighted by Gasteiger charge is -2.25. The number of nitrogens with zero attached hydrogens (tertiary/aromatic N) is 2. The molecule has 0 saturated carbocycles. The Morgan fingerprint density at radius 3 is 0.920 bits per heavy atom. The molecule has 0 rings (SSSR count). The Bertz CT molecular complexity index is 381. The van der Waals surface area contributed by atoms with E-state index in [2.05, 4.69) is 0 Å². The third-order valence-corrected chi connectivity index (χ3v) is 3.65. The predicted molar refractivity (Wildman–Crippen MR) is 92.7 cm³/mol. The van der Waals surface area contributed by atoms with E-state index in [1.54, 1.807) is 0 Å². The fourth-order valence-electron chi connectivity index (χ4n) is 2.26. The number of carbonyl (C=O) groups is 4. The minimum Gasteiger partial charge on any atom is -0.370 e. The lowest BCUT2D eigenvalue weighted by Crippen LogP contribution is -2.36. The summed E-state index contributed by atoms with van der Waals surface area (Å²) in [6.07, 6.45) is 1.52. The highest BCUT2D eigenvalue weighted by molar-refractivity contribution is 5.75. The van der Waals surface area contributed by atoms with Crippen LogP contribution in [0.1, 0.15) is 32.1 Å². The molecule has 0 fully saturated rings. The smallest absolute Gasteiger partial charge is 0.218 e. The predicted octanol–water partition coefficient (Wildman–Crippen LogP) is -2.52. The maximum absolute atomic E-state index is 10.9. The van der Waals surface area contributed by atoms with Crippen LogP contribution in [0.5, 0.6) is 0 Å². The van der Waals surface area contributed by atoms with Crippen molar-refractivity contribution >= 4 is 23.6 Å². The summed E-state index contributed by atoms with van der Waals surface area (Å²) in [5, 5.41) is 0. The summed E-state index contributed by atoms with van der Waals surface area (Å²) in [6.45, 7) is 3.06. The van der Waals surface area contributed by atoms with E-state index < -0.39 is 23.6 Å². The van der Waals surface area contributed by atoms with Crippen LogP contribution >= 0.6 is 0 Å². The van der Waals surface area contributed by atoms with Crippen molar-refractivity contribution in [3.8, 4) is 0 Å². The summed E-state index contributed by atoms with van der Waals surface area (Å²) in [5.41, 5.74) is 20.6. The molecule has 10 heteroatoms. The molecular weight excluding hydrogens is 328 g/mol. The van der Waals surface area contributed by atoms with Gasteiger partial charge in [0.2, 0.25) is 23.6 Å². The zero-order chi connectivity index (χ0) is 19.2. The van der Waals surface area contributed by atoms with E-state index in [4.69, 9.17) is 22.9 Å². The Balaban J connectivity index is 4.40. The molecule has 0 aromatic carbocycles. The van der Waals surface area contributed by atoms with E-state index in [1.807, 2.05) is 9.80 Å². The number of nitrogens with two attached hydrogens (primary N) is 4. The summed E-state index contributed by atoms with van der Waals surface area (Å²) >= 11 is 0. The van der Waals surface area contributed by atoms with Gasteiger partial charge >= 0.3 is 0 Å². The Hall–Kier alpha value is -2.20. The van der Waals surface area contributed by atoms with Gasteiger partial charge < -0.3 is 32.7 Å². The van der Waals surface area contributed by atoms with Gasteiger partial charge in [0.05, 0.1) is 0 Å². The van der Waals surface area contributed by atoms with Gasteiger partial charge in [0, 0.05) is 51.9 Å². The molecule has 0 heterocycles. The largest absolute Gasteiger partial charge is 0.370 e. The number of primary amides is 4. The number of hydrogen-bond donors (Lipinski definition) is 4. The molecule has 144 valence electrons. The molecule has 0 aromatic heterocycles. The van der Waals surface area contributed by atoms with Gasteiger partial charge in [-0.05, 0) is 19.5 Å². The zero-order valence-electron chi connectivity index (χ0n) is 14.6. The van der Waals surface area contributed by atoms with Gasteiger partial charge in [-0.1, -0.05) is 0 Å². The fraction of sp³-hybridized carbons (Fsp3) is 0.733. The maximum Gasteiger partial charge on any atom is 0.218 e. The molecule has 0 unspecified atom stereocenters. The molecule has 8 N–H and O–H groups in total. The Morgan fingerprint density at radius 1 is 0.480 bits per heavy atom. The maximum atomic E-state index is 10.9. The molecule has 10 nitrogen and oxygen atoms in total. The molecule has 0 bridgehead atoms. The Morgan fingerprint density at radius 2 is 0.720 bits per heavy atom. The summed E-state index contributed by atoms with van der Waals surface area (Å²) in [6, 6.07) is 0. The van der Waals surface area contributed by atoms with Gasteiger partial charge in [-0.2, -0.15) is 0 Å². The van der Waals surface area contributed by atoms with Crippen LogP contribution in [0.3, 0.4) is 0 Å². The van der Waals surface area contributed by atoms with Gasteiger partial charge in [0.25, 0.3) is 0 Å². The molecule has 0 aliphatic carbocycles. The molecule has 25 heavy (non-hydrogen) atoms. The van der Waals surface area contributed by atoms with Gasteiger partial charge in [-0.15, -0.1) is 0 Å². The highest BCUT2D eigenvalue weighted by atomic mass is 16.2. The van der Waals surface area contributed by atoms with E-state index in [0.29, 0.717) is 39.3 Å². The van der Waals surface area contributed by atoms with Crippen LogP contribution in [-0.4, -0.2) is 72.7 Å². The van der Waals surface area contributed by atoms with E-state index in [0.717, 1.165) is 6.42 Å². The van der Waals surface area contributed by atoms with Crippen molar-refractivity contribution in [1.29, 1.82) is 0 Å². The Kier molecular flexibility index (Phi) is 12.0. The van der Waals surface area contributed by atoms with E-state index in [-0.39, 0.29) is 25.7 Å². The van der Waals surface area contributed by atoms with Crippen LogP contribution in [0.2, 0.25) is 0 Å². The summed E-state index contributed by atoms with van der Waals surface area (Å²) in [4.78, 5) is 47.6. The lowest BCUT2D eigenvalue weighted by molar-refractivity contribution is -0.119.